The van der Waals surface area contributed by atoms with Crippen LogP contribution >= 0.6 is 35.0 Å². The lowest BCUT2D eigenvalue weighted by Gasteiger charge is -2.42. The molecular formula is C37H39Cl2F2N5O4S. The summed E-state index contributed by atoms with van der Waals surface area (Å²) in [6.45, 7) is 6.08. The highest BCUT2D eigenvalue weighted by Gasteiger charge is 2.57. The van der Waals surface area contributed by atoms with Gasteiger partial charge in [-0.2, -0.15) is 5.26 Å². The van der Waals surface area contributed by atoms with Gasteiger partial charge in [-0.1, -0.05) is 35.3 Å². The monoisotopic (exact) mass is 757 g/mol. The summed E-state index contributed by atoms with van der Waals surface area (Å²) in [7, 11) is 1.28. The van der Waals surface area contributed by atoms with E-state index in [1.807, 2.05) is 44.1 Å². The van der Waals surface area contributed by atoms with Crippen molar-refractivity contribution >= 4 is 62.9 Å². The first kappa shape index (κ1) is 36.2. The zero-order valence-electron chi connectivity index (χ0n) is 28.9. The minimum absolute atomic E-state index is 0.0616. The fourth-order valence-corrected chi connectivity index (χ4v) is 9.22. The Morgan fingerprint density at radius 3 is 2.67 bits per heavy atom. The summed E-state index contributed by atoms with van der Waals surface area (Å²) in [6, 6.07) is 10.0. The predicted molar refractivity (Wildman–Crippen MR) is 194 cm³/mol. The lowest BCUT2D eigenvalue weighted by atomic mass is 9.79. The van der Waals surface area contributed by atoms with Gasteiger partial charge in [-0.3, -0.25) is 4.90 Å². The fraction of sp³-hybridized carbons (Fsp3) is 0.486. The molecule has 2 bridgehead atoms. The van der Waals surface area contributed by atoms with Crippen molar-refractivity contribution in [2.24, 2.45) is 5.92 Å². The zero-order chi connectivity index (χ0) is 36.5. The molecule has 1 saturated carbocycles. The smallest absolute Gasteiger partial charge is 0.410 e. The van der Waals surface area contributed by atoms with Gasteiger partial charge in [0.05, 0.1) is 53.0 Å². The molecule has 6 atom stereocenters. The van der Waals surface area contributed by atoms with Crippen molar-refractivity contribution in [3.8, 4) is 17.2 Å². The van der Waals surface area contributed by atoms with Crippen LogP contribution in [0.2, 0.25) is 10.0 Å². The van der Waals surface area contributed by atoms with Gasteiger partial charge in [0.2, 0.25) is 6.41 Å². The Bertz CT molecular complexity index is 2080. The number of carbonyl (C=O) groups is 1. The molecule has 1 amide bonds. The highest BCUT2D eigenvalue weighted by molar-refractivity contribution is 7.98. The second-order valence-corrected chi connectivity index (χ2v) is 16.1. The number of nitrogens with zero attached hydrogens (tertiary/aromatic N) is 5. The van der Waals surface area contributed by atoms with Gasteiger partial charge in [0, 0.05) is 53.0 Å². The van der Waals surface area contributed by atoms with Crippen LogP contribution in [0.15, 0.2) is 35.4 Å². The summed E-state index contributed by atoms with van der Waals surface area (Å²) in [5.41, 5.74) is 2.09. The average molecular weight is 759 g/mol. The van der Waals surface area contributed by atoms with Crippen molar-refractivity contribution in [2.75, 3.05) is 26.5 Å². The zero-order valence-corrected chi connectivity index (χ0v) is 31.2. The molecule has 0 radical (unpaired) electrons. The van der Waals surface area contributed by atoms with Crippen molar-refractivity contribution in [1.82, 2.24) is 19.4 Å². The first-order valence-corrected chi connectivity index (χ1v) is 18.9. The van der Waals surface area contributed by atoms with E-state index >= 15 is 8.78 Å². The number of halogens is 4. The standard InChI is InChI=1S/C37H39Cl2F2N5O4S/c1-37(2,3)50-36(48)44-16-19-13-27(44)32(19)46-26(25-14-20(40)17-45(25)35(47)49-4)15-23-33(46)22-12-18(8-7-11-42)28(21-9-6-10-24(38)29(21)39)30(41)31(22)43-34(23)51-5/h6,9-10,12,15,19-20,25,27,32,36,48H,7-8,13-14,16-17H2,1-5H3/t19-,20+,25-,27-,32+,36?/m1/s1. The number of alkyl halides is 1. The highest BCUT2D eigenvalue weighted by Crippen LogP contribution is 2.55. The minimum atomic E-state index is -1.27. The number of hydrogen-bond donors (Lipinski definition) is 1. The number of carbonyl (C=O) groups excluding carboxylic acids is 1. The first-order valence-electron chi connectivity index (χ1n) is 16.9. The first-order chi connectivity index (χ1) is 24.3. The number of amides is 1. The molecule has 5 heterocycles. The number of aliphatic hydroxyl groups excluding tert-OH is 1. The second kappa shape index (κ2) is 13.7. The fourth-order valence-electron chi connectivity index (χ4n) is 8.27. The van der Waals surface area contributed by atoms with Gasteiger partial charge in [0.15, 0.2) is 5.82 Å². The van der Waals surface area contributed by atoms with E-state index in [2.05, 4.69) is 10.6 Å². The van der Waals surface area contributed by atoms with Crippen LogP contribution in [-0.2, 0) is 15.9 Å². The van der Waals surface area contributed by atoms with Crippen molar-refractivity contribution in [3.63, 3.8) is 0 Å². The van der Waals surface area contributed by atoms with E-state index in [9.17, 15) is 15.2 Å². The van der Waals surface area contributed by atoms with Gasteiger partial charge < -0.3 is 19.1 Å². The number of methoxy groups -OCH3 is 1. The van der Waals surface area contributed by atoms with E-state index in [0.29, 0.717) is 39.3 Å². The third-order valence-electron chi connectivity index (χ3n) is 10.3. The summed E-state index contributed by atoms with van der Waals surface area (Å²) in [6.07, 6.45) is 0.0305. The van der Waals surface area contributed by atoms with Gasteiger partial charge in [0.25, 0.3) is 0 Å². The predicted octanol–water partition coefficient (Wildman–Crippen LogP) is 8.67. The number of ether oxygens (including phenoxy) is 2. The van der Waals surface area contributed by atoms with Gasteiger partial charge >= 0.3 is 6.09 Å². The topological polar surface area (TPSA) is 104 Å². The Hall–Kier alpha value is -3.18. The van der Waals surface area contributed by atoms with Crippen molar-refractivity contribution < 1.29 is 28.2 Å². The number of aromatic nitrogens is 2. The molecule has 14 heteroatoms. The summed E-state index contributed by atoms with van der Waals surface area (Å²) < 4.78 is 45.7. The van der Waals surface area contributed by atoms with Gasteiger partial charge in [-0.25, -0.2) is 23.5 Å². The van der Waals surface area contributed by atoms with Gasteiger partial charge in [0.1, 0.15) is 16.7 Å². The van der Waals surface area contributed by atoms with Crippen LogP contribution in [0.1, 0.15) is 63.4 Å². The number of pyridine rings is 1. The van der Waals surface area contributed by atoms with Crippen LogP contribution in [0.4, 0.5) is 13.6 Å². The maximum absolute atomic E-state index is 17.2. The SMILES string of the molecule is COC(=O)N1C[C@@H](F)C[C@@H]1c1cc2c(SC)nc3c(F)c(-c4cccc(Cl)c4Cl)c(CCC#N)cc3c2n1[C@H]1[C@@H]2C[C@H]1N(C(O)OC(C)(C)C)C2. The molecule has 8 rings (SSSR count). The molecule has 1 N–H and O–H groups in total. The largest absolute Gasteiger partial charge is 0.453 e. The number of aliphatic hydroxyl groups is 1. The Labute approximate surface area is 309 Å². The summed E-state index contributed by atoms with van der Waals surface area (Å²) in [5.74, 6) is -0.505. The summed E-state index contributed by atoms with van der Waals surface area (Å²) in [5, 5.41) is 23.1. The van der Waals surface area contributed by atoms with E-state index in [1.54, 1.807) is 18.2 Å². The van der Waals surface area contributed by atoms with Crippen molar-refractivity contribution in [3.05, 3.63) is 57.5 Å². The Morgan fingerprint density at radius 1 is 1.22 bits per heavy atom. The maximum atomic E-state index is 17.2. The molecule has 3 aliphatic heterocycles. The number of nitriles is 1. The number of benzene rings is 2. The van der Waals surface area contributed by atoms with E-state index < -0.39 is 36.1 Å². The highest BCUT2D eigenvalue weighted by atomic mass is 35.5. The number of fused-ring (bicyclic) bond motifs is 4. The Balaban J connectivity index is 1.52. The van der Waals surface area contributed by atoms with Crippen LogP contribution in [0.5, 0.6) is 0 Å². The lowest BCUT2D eigenvalue weighted by Crippen LogP contribution is -2.47. The summed E-state index contributed by atoms with van der Waals surface area (Å²) >= 11 is 14.4. The van der Waals surface area contributed by atoms with E-state index in [0.717, 1.165) is 11.8 Å². The molecule has 1 aliphatic carbocycles. The summed E-state index contributed by atoms with van der Waals surface area (Å²) in [4.78, 5) is 21.3. The molecule has 1 unspecified atom stereocenters. The molecule has 51 heavy (non-hydrogen) atoms. The average Bonchev–Trinajstić information content (AvgIpc) is 3.86. The molecule has 4 fully saturated rings. The third kappa shape index (κ3) is 6.13. The van der Waals surface area contributed by atoms with E-state index in [1.165, 1.54) is 23.8 Å². The molecule has 2 aromatic carbocycles. The normalized spacial score (nSPS) is 23.9. The molecule has 2 aromatic heterocycles. The number of hydrogen-bond acceptors (Lipinski definition) is 8. The molecule has 0 spiro atoms. The lowest BCUT2D eigenvalue weighted by molar-refractivity contribution is -0.240. The van der Waals surface area contributed by atoms with Gasteiger partial charge in [-0.15, -0.1) is 11.8 Å². The third-order valence-corrected chi connectivity index (χ3v) is 11.9. The van der Waals surface area contributed by atoms with Crippen LogP contribution in [0.25, 0.3) is 32.9 Å². The van der Waals surface area contributed by atoms with Crippen LogP contribution in [0, 0.1) is 23.1 Å². The van der Waals surface area contributed by atoms with E-state index in [-0.39, 0.29) is 64.9 Å². The molecule has 3 saturated heterocycles. The minimum Gasteiger partial charge on any atom is -0.453 e. The number of rotatable bonds is 8. The molecule has 4 aliphatic rings. The molecular weight excluding hydrogens is 719 g/mol. The molecule has 4 aromatic rings. The van der Waals surface area contributed by atoms with Crippen molar-refractivity contribution in [1.29, 1.82) is 5.26 Å². The van der Waals surface area contributed by atoms with E-state index in [4.69, 9.17) is 37.7 Å². The Kier molecular flexibility index (Phi) is 9.70. The van der Waals surface area contributed by atoms with Crippen LogP contribution < -0.4 is 0 Å². The van der Waals surface area contributed by atoms with Crippen LogP contribution in [-0.4, -0.2) is 81.2 Å². The number of likely N-dealkylation sites (tertiary alicyclic amines) is 1. The maximum Gasteiger partial charge on any atom is 0.410 e. The van der Waals surface area contributed by atoms with Crippen molar-refractivity contribution in [2.45, 2.75) is 87.8 Å². The Morgan fingerprint density at radius 2 is 1.98 bits per heavy atom. The number of aryl methyl sites for hydroxylation is 1. The number of thioether (sulfide) groups is 1. The second-order valence-electron chi connectivity index (χ2n) is 14.5. The molecule has 9 nitrogen and oxygen atoms in total. The molecule has 270 valence electrons. The van der Waals surface area contributed by atoms with Crippen LogP contribution in [0.3, 0.4) is 0 Å². The quantitative estimate of drug-likeness (QED) is 0.141. The van der Waals surface area contributed by atoms with Gasteiger partial charge in [-0.05, 0) is 69.5 Å².